The third-order valence-corrected chi connectivity index (χ3v) is 5.49. The summed E-state index contributed by atoms with van der Waals surface area (Å²) in [6.07, 6.45) is 9.15. The standard InChI is InChI=1S/C17H29NO3/c1-2-14-6-5-10-18(11-7-14)15(19)12-17(13-16(20)21)8-3-4-9-17/h14H,2-13H2,1H3,(H,20,21). The minimum absolute atomic E-state index is 0.157. The predicted octanol–water partition coefficient (Wildman–Crippen LogP) is 3.45. The van der Waals surface area contributed by atoms with Gasteiger partial charge in [-0.3, -0.25) is 9.59 Å². The molecule has 0 bridgehead atoms. The topological polar surface area (TPSA) is 57.6 Å². The summed E-state index contributed by atoms with van der Waals surface area (Å²) in [5.41, 5.74) is -0.265. The van der Waals surface area contributed by atoms with Gasteiger partial charge in [0.15, 0.2) is 0 Å². The Hall–Kier alpha value is -1.06. The lowest BCUT2D eigenvalue weighted by Gasteiger charge is -2.30. The monoisotopic (exact) mass is 295 g/mol. The van der Waals surface area contributed by atoms with Crippen molar-refractivity contribution in [3.63, 3.8) is 0 Å². The van der Waals surface area contributed by atoms with Gasteiger partial charge in [0.1, 0.15) is 0 Å². The highest BCUT2D eigenvalue weighted by atomic mass is 16.4. The second kappa shape index (κ2) is 7.28. The first-order valence-corrected chi connectivity index (χ1v) is 8.54. The van der Waals surface area contributed by atoms with Gasteiger partial charge in [-0.1, -0.05) is 26.2 Å². The molecule has 4 heteroatoms. The third kappa shape index (κ3) is 4.45. The minimum Gasteiger partial charge on any atom is -0.481 e. The summed E-state index contributed by atoms with van der Waals surface area (Å²) >= 11 is 0. The van der Waals surface area contributed by atoms with Gasteiger partial charge in [0.2, 0.25) is 5.91 Å². The van der Waals surface area contributed by atoms with Crippen LogP contribution in [0.5, 0.6) is 0 Å². The number of likely N-dealkylation sites (tertiary alicyclic amines) is 1. The number of carbonyl (C=O) groups is 2. The maximum atomic E-state index is 12.6. The second-order valence-corrected chi connectivity index (χ2v) is 7.04. The number of amides is 1. The number of carboxylic acid groups (broad SMARTS) is 1. The average Bonchev–Trinajstić information content (AvgIpc) is 2.74. The lowest BCUT2D eigenvalue weighted by atomic mass is 9.79. The molecule has 0 spiro atoms. The summed E-state index contributed by atoms with van der Waals surface area (Å²) in [4.78, 5) is 25.7. The Morgan fingerprint density at radius 1 is 1.10 bits per heavy atom. The van der Waals surface area contributed by atoms with Crippen molar-refractivity contribution in [1.29, 1.82) is 0 Å². The van der Waals surface area contributed by atoms with Gasteiger partial charge in [-0.2, -0.15) is 0 Å². The molecular weight excluding hydrogens is 266 g/mol. The molecule has 1 saturated carbocycles. The van der Waals surface area contributed by atoms with Crippen molar-refractivity contribution in [2.75, 3.05) is 13.1 Å². The molecule has 21 heavy (non-hydrogen) atoms. The molecule has 4 nitrogen and oxygen atoms in total. The fraction of sp³-hybridized carbons (Fsp3) is 0.882. The molecule has 0 aromatic heterocycles. The van der Waals surface area contributed by atoms with E-state index in [1.165, 1.54) is 12.8 Å². The maximum absolute atomic E-state index is 12.6. The fourth-order valence-electron chi connectivity index (χ4n) is 4.12. The number of carbonyl (C=O) groups excluding carboxylic acids is 1. The Kier molecular flexibility index (Phi) is 5.65. The first kappa shape index (κ1) is 16.3. The molecule has 1 aliphatic heterocycles. The summed E-state index contributed by atoms with van der Waals surface area (Å²) in [7, 11) is 0. The first-order chi connectivity index (χ1) is 10.0. The van der Waals surface area contributed by atoms with Crippen LogP contribution >= 0.6 is 0 Å². The van der Waals surface area contributed by atoms with Crippen LogP contribution < -0.4 is 0 Å². The number of aliphatic carboxylic acids is 1. The summed E-state index contributed by atoms with van der Waals surface area (Å²) in [6, 6.07) is 0. The van der Waals surface area contributed by atoms with Crippen LogP contribution in [0.4, 0.5) is 0 Å². The van der Waals surface area contributed by atoms with Crippen molar-refractivity contribution in [1.82, 2.24) is 4.90 Å². The predicted molar refractivity (Wildman–Crippen MR) is 82.0 cm³/mol. The number of nitrogens with zero attached hydrogens (tertiary/aromatic N) is 1. The van der Waals surface area contributed by atoms with Crippen molar-refractivity contribution in [2.45, 2.75) is 71.1 Å². The Morgan fingerprint density at radius 2 is 1.81 bits per heavy atom. The van der Waals surface area contributed by atoms with Crippen LogP contribution in [0.1, 0.15) is 71.1 Å². The summed E-state index contributed by atoms with van der Waals surface area (Å²) in [6.45, 7) is 3.95. The van der Waals surface area contributed by atoms with Crippen LogP contribution in [0, 0.1) is 11.3 Å². The van der Waals surface area contributed by atoms with E-state index in [1.54, 1.807) is 0 Å². The molecule has 0 aromatic rings. The van der Waals surface area contributed by atoms with E-state index in [2.05, 4.69) is 6.92 Å². The SMILES string of the molecule is CCC1CCCN(C(=O)CC2(CC(=O)O)CCCC2)CC1. The molecule has 1 unspecified atom stereocenters. The van der Waals surface area contributed by atoms with Crippen LogP contribution in [0.25, 0.3) is 0 Å². The Labute approximate surface area is 127 Å². The normalized spacial score (nSPS) is 25.6. The Bertz CT molecular complexity index is 374. The molecule has 1 saturated heterocycles. The molecule has 0 radical (unpaired) electrons. The number of rotatable bonds is 5. The van der Waals surface area contributed by atoms with Gasteiger partial charge in [-0.15, -0.1) is 0 Å². The molecule has 0 aromatic carbocycles. The molecule has 1 heterocycles. The zero-order valence-corrected chi connectivity index (χ0v) is 13.3. The van der Waals surface area contributed by atoms with Crippen molar-refractivity contribution >= 4 is 11.9 Å². The highest BCUT2D eigenvalue weighted by Gasteiger charge is 2.39. The van der Waals surface area contributed by atoms with Gasteiger partial charge in [-0.25, -0.2) is 0 Å². The van der Waals surface area contributed by atoms with Crippen LogP contribution in [-0.2, 0) is 9.59 Å². The van der Waals surface area contributed by atoms with E-state index in [-0.39, 0.29) is 17.7 Å². The molecule has 1 N–H and O–H groups in total. The lowest BCUT2D eigenvalue weighted by Crippen LogP contribution is -2.36. The van der Waals surface area contributed by atoms with Gasteiger partial charge < -0.3 is 10.0 Å². The van der Waals surface area contributed by atoms with Crippen LogP contribution in [0.3, 0.4) is 0 Å². The smallest absolute Gasteiger partial charge is 0.303 e. The Morgan fingerprint density at radius 3 is 2.43 bits per heavy atom. The highest BCUT2D eigenvalue weighted by Crippen LogP contribution is 2.44. The molecule has 1 aliphatic carbocycles. The number of hydrogen-bond acceptors (Lipinski definition) is 2. The van der Waals surface area contributed by atoms with Crippen LogP contribution in [0.2, 0.25) is 0 Å². The van der Waals surface area contributed by atoms with Crippen LogP contribution in [-0.4, -0.2) is 35.0 Å². The number of carboxylic acids is 1. The minimum atomic E-state index is -0.758. The van der Waals surface area contributed by atoms with E-state index in [0.29, 0.717) is 6.42 Å². The molecule has 2 aliphatic rings. The Balaban J connectivity index is 1.94. The number of hydrogen-bond donors (Lipinski definition) is 1. The zero-order valence-electron chi connectivity index (χ0n) is 13.3. The second-order valence-electron chi connectivity index (χ2n) is 7.04. The van der Waals surface area contributed by atoms with Gasteiger partial charge in [0.05, 0.1) is 6.42 Å². The average molecular weight is 295 g/mol. The molecule has 1 atom stereocenters. The molecule has 2 rings (SSSR count). The van der Waals surface area contributed by atoms with Gasteiger partial charge in [-0.05, 0) is 43.4 Å². The van der Waals surface area contributed by atoms with E-state index < -0.39 is 5.97 Å². The fourth-order valence-corrected chi connectivity index (χ4v) is 4.12. The molecule has 2 fully saturated rings. The molecule has 1 amide bonds. The highest BCUT2D eigenvalue weighted by molar-refractivity contribution is 5.78. The third-order valence-electron chi connectivity index (χ3n) is 5.49. The van der Waals surface area contributed by atoms with Crippen molar-refractivity contribution in [3.05, 3.63) is 0 Å². The first-order valence-electron chi connectivity index (χ1n) is 8.54. The van der Waals surface area contributed by atoms with Crippen LogP contribution in [0.15, 0.2) is 0 Å². The van der Waals surface area contributed by atoms with E-state index in [9.17, 15) is 9.59 Å². The van der Waals surface area contributed by atoms with Crippen molar-refractivity contribution in [3.8, 4) is 0 Å². The summed E-state index contributed by atoms with van der Waals surface area (Å²) in [5, 5.41) is 9.15. The van der Waals surface area contributed by atoms with Gasteiger partial charge >= 0.3 is 5.97 Å². The maximum Gasteiger partial charge on any atom is 0.303 e. The van der Waals surface area contributed by atoms with Gasteiger partial charge in [0, 0.05) is 19.5 Å². The zero-order chi connectivity index (χ0) is 15.3. The van der Waals surface area contributed by atoms with E-state index in [0.717, 1.165) is 57.5 Å². The van der Waals surface area contributed by atoms with Crippen molar-refractivity contribution in [2.24, 2.45) is 11.3 Å². The quantitative estimate of drug-likeness (QED) is 0.845. The van der Waals surface area contributed by atoms with Crippen molar-refractivity contribution < 1.29 is 14.7 Å². The van der Waals surface area contributed by atoms with Gasteiger partial charge in [0.25, 0.3) is 0 Å². The molecule has 120 valence electrons. The summed E-state index contributed by atoms with van der Waals surface area (Å²) < 4.78 is 0. The molecular formula is C17H29NO3. The van der Waals surface area contributed by atoms with E-state index in [1.807, 2.05) is 4.90 Å². The largest absolute Gasteiger partial charge is 0.481 e. The van der Waals surface area contributed by atoms with E-state index in [4.69, 9.17) is 5.11 Å². The summed E-state index contributed by atoms with van der Waals surface area (Å²) in [5.74, 6) is 0.184. The van der Waals surface area contributed by atoms with E-state index >= 15 is 0 Å². The lowest BCUT2D eigenvalue weighted by molar-refractivity contribution is -0.141.